The third-order valence-corrected chi connectivity index (χ3v) is 5.60. The van der Waals surface area contributed by atoms with Gasteiger partial charge < -0.3 is 32.7 Å². The van der Waals surface area contributed by atoms with Crippen LogP contribution in [0.25, 0.3) is 0 Å². The van der Waals surface area contributed by atoms with Crippen LogP contribution < -0.4 is 40.2 Å². The van der Waals surface area contributed by atoms with Crippen molar-refractivity contribution in [3.63, 3.8) is 0 Å². The zero-order chi connectivity index (χ0) is 26.1. The molecule has 0 radical (unpaired) electrons. The Labute approximate surface area is 237 Å². The Bertz CT molecular complexity index is 742. The van der Waals surface area contributed by atoms with E-state index in [9.17, 15) is 18.0 Å². The molecule has 2 saturated carbocycles. The van der Waals surface area contributed by atoms with Gasteiger partial charge in [-0.1, -0.05) is 0 Å². The molecule has 0 aliphatic heterocycles. The molecule has 0 heterocycles. The van der Waals surface area contributed by atoms with Crippen molar-refractivity contribution in [3.8, 4) is 0 Å². The maximum Gasteiger partial charge on any atom is 1.00 e. The van der Waals surface area contributed by atoms with Gasteiger partial charge in [-0.25, -0.2) is 9.59 Å². The van der Waals surface area contributed by atoms with E-state index in [1.165, 1.54) is 0 Å². The molecule has 2 aliphatic carbocycles. The summed E-state index contributed by atoms with van der Waals surface area (Å²) < 4.78 is 36.7. The van der Waals surface area contributed by atoms with E-state index in [4.69, 9.17) is 9.47 Å². The summed E-state index contributed by atoms with van der Waals surface area (Å²) in [5.41, 5.74) is -1.52. The molecule has 0 aromatic heterocycles. The predicted molar refractivity (Wildman–Crippen MR) is 135 cm³/mol. The summed E-state index contributed by atoms with van der Waals surface area (Å²) in [7, 11) is -3.48. The summed E-state index contributed by atoms with van der Waals surface area (Å²) in [5, 5.41) is 5.59. The van der Waals surface area contributed by atoms with Crippen LogP contribution in [-0.2, 0) is 36.4 Å². The summed E-state index contributed by atoms with van der Waals surface area (Å²) in [4.78, 5) is 22.9. The second kappa shape index (κ2) is 14.8. The predicted octanol–water partition coefficient (Wildman–Crippen LogP) is 0.594. The first-order valence-corrected chi connectivity index (χ1v) is 14.7. The fraction of sp³-hybridized carbons (Fsp3) is 0.905. The van der Waals surface area contributed by atoms with Gasteiger partial charge in [0.15, 0.2) is 0 Å². The molecule has 2 amide bonds. The Morgan fingerprint density at radius 2 is 1.24 bits per heavy atom. The van der Waals surface area contributed by atoms with Crippen molar-refractivity contribution < 1.29 is 61.2 Å². The van der Waals surface area contributed by atoms with Crippen molar-refractivity contribution in [2.24, 2.45) is 0 Å². The largest absolute Gasteiger partial charge is 1.00 e. The van der Waals surface area contributed by atoms with E-state index in [-0.39, 0.29) is 47.8 Å². The molecule has 34 heavy (non-hydrogen) atoms. The molecule has 0 aromatic carbocycles. The van der Waals surface area contributed by atoms with Gasteiger partial charge in [0.2, 0.25) is 0 Å². The molecular weight excluding hydrogens is 511 g/mol. The van der Waals surface area contributed by atoms with Crippen molar-refractivity contribution in [2.75, 3.05) is 31.1 Å². The number of alkyl carbamates (subject to hydrolysis) is 2. The molecule has 0 saturated heterocycles. The molecule has 2 aliphatic rings. The number of hydrogen-bond acceptors (Lipinski definition) is 9. The summed E-state index contributed by atoms with van der Waals surface area (Å²) >= 11 is 5.84. The van der Waals surface area contributed by atoms with Crippen LogP contribution in [0.5, 0.6) is 0 Å². The average Bonchev–Trinajstić information content (AvgIpc) is 3.51. The first-order chi connectivity index (χ1) is 14.9. The van der Waals surface area contributed by atoms with Crippen LogP contribution in [0, 0.1) is 0 Å². The summed E-state index contributed by atoms with van der Waals surface area (Å²) in [6.45, 7) is 10.9. The van der Waals surface area contributed by atoms with Crippen LogP contribution in [0.15, 0.2) is 0 Å². The molecule has 0 spiro atoms. The Morgan fingerprint density at radius 3 is 1.50 bits per heavy atom. The van der Waals surface area contributed by atoms with Crippen molar-refractivity contribution in [3.05, 3.63) is 0 Å². The molecular formula is C21H41N2NaO7S3. The smallest absolute Gasteiger partial charge is 0.796 e. The minimum absolute atomic E-state index is 0. The Kier molecular flexibility index (Phi) is 15.8. The van der Waals surface area contributed by atoms with Gasteiger partial charge in [-0.3, -0.25) is 4.18 Å². The quantitative estimate of drug-likeness (QED) is 0.266. The van der Waals surface area contributed by atoms with E-state index in [0.29, 0.717) is 12.8 Å². The van der Waals surface area contributed by atoms with Crippen molar-refractivity contribution in [2.45, 2.75) is 89.5 Å². The van der Waals surface area contributed by atoms with Crippen LogP contribution in [0.1, 0.15) is 67.2 Å². The van der Waals surface area contributed by atoms with Gasteiger partial charge in [0.25, 0.3) is 10.1 Å². The normalized spacial score (nSPS) is 17.2. The molecule has 9 nitrogen and oxygen atoms in total. The fourth-order valence-corrected chi connectivity index (χ4v) is 3.80. The maximum absolute atomic E-state index is 11.5. The zero-order valence-electron chi connectivity index (χ0n) is 22.3. The third-order valence-electron chi connectivity index (χ3n) is 4.21. The maximum atomic E-state index is 11.5. The van der Waals surface area contributed by atoms with Crippen LogP contribution in [0.4, 0.5) is 9.59 Å². The second-order valence-electron chi connectivity index (χ2n) is 10.2. The van der Waals surface area contributed by atoms with Crippen LogP contribution in [0.3, 0.4) is 0 Å². The number of ether oxygens (including phenoxy) is 2. The van der Waals surface area contributed by atoms with Gasteiger partial charge in [0.1, 0.15) is 11.2 Å². The first kappa shape index (κ1) is 36.3. The number of hydrogen-bond donors (Lipinski definition) is 2. The van der Waals surface area contributed by atoms with Gasteiger partial charge in [0, 0.05) is 5.75 Å². The van der Waals surface area contributed by atoms with Crippen molar-refractivity contribution >= 4 is 46.7 Å². The number of nitrogens with one attached hydrogen (secondary N) is 2. The molecule has 0 atom stereocenters. The van der Waals surface area contributed by atoms with E-state index in [1.807, 2.05) is 20.8 Å². The third kappa shape index (κ3) is 18.4. The number of carbonyl (C=O) groups excluding carboxylic acids is 2. The standard InChI is InChI=1S/C10H19NO5S.C10H19NO2S.CH4S.Na/c1-9(2,3)16-8(12)11-10(5-6-10)7-15-17(4,13)14;1-9(2,3)13-8(12)11-10(5-6-10)7-14-4;1-2;/h5-7H2,1-4H3,(H,11,12);5-7H2,1-4H3,(H,11,12);2H,1H3;/q;;;+1/p-1. The summed E-state index contributed by atoms with van der Waals surface area (Å²) in [6.07, 6.45) is 7.33. The first-order valence-electron chi connectivity index (χ1n) is 10.6. The van der Waals surface area contributed by atoms with Gasteiger partial charge in [0.05, 0.1) is 23.9 Å². The molecule has 0 aromatic rings. The van der Waals surface area contributed by atoms with Crippen LogP contribution in [0.2, 0.25) is 0 Å². The van der Waals surface area contributed by atoms with Crippen LogP contribution >= 0.6 is 11.8 Å². The number of amides is 2. The van der Waals surface area contributed by atoms with E-state index in [1.54, 1.807) is 38.8 Å². The summed E-state index contributed by atoms with van der Waals surface area (Å²) in [6, 6.07) is 0. The molecule has 2 N–H and O–H groups in total. The Hall–Kier alpha value is 0.150. The van der Waals surface area contributed by atoms with Crippen LogP contribution in [-0.4, -0.2) is 74.0 Å². The van der Waals surface area contributed by atoms with Gasteiger partial charge in [-0.2, -0.15) is 26.4 Å². The zero-order valence-corrected chi connectivity index (χ0v) is 26.8. The summed E-state index contributed by atoms with van der Waals surface area (Å²) in [5.74, 6) is 0.978. The second-order valence-corrected chi connectivity index (χ2v) is 12.7. The van der Waals surface area contributed by atoms with Gasteiger partial charge in [-0.15, -0.1) is 0 Å². The average molecular weight is 553 g/mol. The van der Waals surface area contributed by atoms with Gasteiger partial charge >= 0.3 is 41.7 Å². The van der Waals surface area contributed by atoms with E-state index >= 15 is 0 Å². The molecule has 0 bridgehead atoms. The van der Waals surface area contributed by atoms with Gasteiger partial charge in [-0.05, 0) is 73.5 Å². The topological polar surface area (TPSA) is 120 Å². The number of carbonyl (C=O) groups is 2. The minimum atomic E-state index is -3.48. The molecule has 2 fully saturated rings. The minimum Gasteiger partial charge on any atom is -0.796 e. The molecule has 196 valence electrons. The monoisotopic (exact) mass is 552 g/mol. The SMILES string of the molecule is CC(C)(C)OC(=O)NC1(COS(C)(=O)=O)CC1.CSCC1(NC(=O)OC(C)(C)C)CC1.C[S-].[Na+]. The van der Waals surface area contributed by atoms with E-state index in [0.717, 1.165) is 24.9 Å². The molecule has 0 unspecified atom stereocenters. The molecule has 13 heteroatoms. The van der Waals surface area contributed by atoms with E-state index in [2.05, 4.69) is 33.7 Å². The van der Waals surface area contributed by atoms with Crippen molar-refractivity contribution in [1.82, 2.24) is 10.6 Å². The number of rotatable bonds is 7. The molecule has 2 rings (SSSR count). The Balaban J connectivity index is 0. The van der Waals surface area contributed by atoms with E-state index < -0.39 is 33.0 Å². The van der Waals surface area contributed by atoms with Crippen molar-refractivity contribution in [1.29, 1.82) is 0 Å². The Morgan fingerprint density at radius 1 is 0.882 bits per heavy atom. The fourth-order valence-electron chi connectivity index (χ4n) is 2.45. The number of thioether (sulfide) groups is 1.